The molecule has 0 unspecified atom stereocenters. The van der Waals surface area contributed by atoms with Crippen molar-refractivity contribution in [1.29, 1.82) is 0 Å². The molecule has 39 heteroatoms. The van der Waals surface area contributed by atoms with E-state index in [1.165, 1.54) is 18.2 Å². The number of fused-ring (bicyclic) bond motifs is 6. The van der Waals surface area contributed by atoms with E-state index in [1.807, 2.05) is 20.8 Å². The van der Waals surface area contributed by atoms with Gasteiger partial charge >= 0.3 is 107 Å². The molecule has 0 aliphatic heterocycles. The minimum absolute atomic E-state index is 0.0546. The van der Waals surface area contributed by atoms with Crippen LogP contribution in [-0.2, 0) is 38.5 Å². The van der Waals surface area contributed by atoms with Crippen molar-refractivity contribution in [3.05, 3.63) is 69.8 Å². The fourth-order valence-corrected chi connectivity index (χ4v) is 13.0. The predicted molar refractivity (Wildman–Crippen MR) is 335 cm³/mol. The van der Waals surface area contributed by atoms with Crippen LogP contribution in [0, 0.1) is 0 Å². The second kappa shape index (κ2) is 35.8. The third kappa shape index (κ3) is 19.6. The molecule has 0 aliphatic rings. The van der Waals surface area contributed by atoms with Crippen LogP contribution in [0.25, 0.3) is 32.3 Å². The van der Waals surface area contributed by atoms with Gasteiger partial charge in [-0.05, 0) is 143 Å². The second-order valence-corrected chi connectivity index (χ2v) is 28.2. The Morgan fingerprint density at radius 1 is 0.162 bits per heavy atom. The van der Waals surface area contributed by atoms with Gasteiger partial charge in [0.2, 0.25) is 0 Å². The van der Waals surface area contributed by atoms with Crippen molar-refractivity contribution in [1.82, 2.24) is 0 Å². The number of rotatable bonds is 48. The Morgan fingerprint density at radius 3 is 0.450 bits per heavy atom. The van der Waals surface area contributed by atoms with Gasteiger partial charge in [0.1, 0.15) is 0 Å². The molecule has 0 saturated carbocycles. The highest BCUT2D eigenvalue weighted by molar-refractivity contribution is 6.26. The second-order valence-electron chi connectivity index (χ2n) is 28.2. The largest absolute Gasteiger partial charge is 0.460 e. The lowest BCUT2D eigenvalue weighted by atomic mass is 9.83. The molecule has 0 saturated heterocycles. The van der Waals surface area contributed by atoms with Crippen LogP contribution < -0.4 is 0 Å². The molecule has 0 fully saturated rings. The van der Waals surface area contributed by atoms with Gasteiger partial charge in [0.15, 0.2) is 0 Å². The maximum atomic E-state index is 15.5. The third-order valence-electron chi connectivity index (χ3n) is 19.8. The van der Waals surface area contributed by atoms with E-state index in [1.54, 1.807) is 0 Å². The average Bonchev–Trinajstić information content (AvgIpc) is 0.731. The molecule has 0 amide bonds. The monoisotopic (exact) mass is 1690 g/mol. The molecule has 642 valence electrons. The number of hydrogen-bond acceptors (Lipinski definition) is 0. The van der Waals surface area contributed by atoms with E-state index in [0.717, 1.165) is 56.7 Å². The molecule has 4 rings (SSSR count). The summed E-state index contributed by atoms with van der Waals surface area (Å²) in [6, 6.07) is 6.74. The molecule has 0 radical (unpaired) electrons. The average molecular weight is 1690 g/mol. The van der Waals surface area contributed by atoms with Gasteiger partial charge in [0, 0.05) is 19.3 Å². The highest BCUT2D eigenvalue weighted by atomic mass is 19.5. The van der Waals surface area contributed by atoms with Crippen molar-refractivity contribution in [3.63, 3.8) is 0 Å². The maximum Gasteiger partial charge on any atom is 0.460 e. The van der Waals surface area contributed by atoms with E-state index in [-0.39, 0.29) is 123 Å². The normalized spacial score (nSPS) is 14.9. The number of hydrogen-bond donors (Lipinski definition) is 0. The highest BCUT2D eigenvalue weighted by Gasteiger charge is 2.93. The lowest BCUT2D eigenvalue weighted by Crippen LogP contribution is -2.70. The molecule has 111 heavy (non-hydrogen) atoms. The van der Waals surface area contributed by atoms with Crippen LogP contribution in [-0.4, -0.2) is 107 Å². The van der Waals surface area contributed by atoms with E-state index in [4.69, 9.17) is 0 Å². The maximum absolute atomic E-state index is 15.5. The van der Waals surface area contributed by atoms with Crippen LogP contribution in [0.3, 0.4) is 0 Å². The quantitative estimate of drug-likeness (QED) is 0.0235. The van der Waals surface area contributed by atoms with Crippen LogP contribution in [0.4, 0.5) is 171 Å². The van der Waals surface area contributed by atoms with Gasteiger partial charge < -0.3 is 0 Å². The Bertz CT molecular complexity index is 3230. The first-order chi connectivity index (χ1) is 50.3. The molecule has 0 N–H and O–H groups in total. The fraction of sp³-hybridized carbons (Fsp3) is 0.750. The standard InChI is InChI=1S/C72H81F39/c1-4-7-10-13-16-19-22-28-43-37-49-52(40-46(43)31-25-34-55(73,74)58(79,80)61(85,86)64(91,92)67(97,98)70(103,104)105)50-38-44(29-23-20-17-14-11-8-5-2)48(33-27-36-57(77,78)60(83,84)63(89,90)66(95,96)69(101,102)72(109,110)111)42-54(50)51-39-45(30-24-21-18-15-12-9-6-3)47(41-53(49)51)32-26-35-56(75,76)59(81,82)62(87,88)65(93,94)68(99,100)71(106,107)108/h37-42H,4-36H2,1-3H3. The first-order valence-corrected chi connectivity index (χ1v) is 35.6. The summed E-state index contributed by atoms with van der Waals surface area (Å²) < 4.78 is 559. The minimum Gasteiger partial charge on any atom is -0.200 e. The zero-order valence-corrected chi connectivity index (χ0v) is 59.5. The Kier molecular flexibility index (Phi) is 31.7. The van der Waals surface area contributed by atoms with Gasteiger partial charge in [0.05, 0.1) is 0 Å². The third-order valence-corrected chi connectivity index (χ3v) is 19.8. The van der Waals surface area contributed by atoms with E-state index >= 15 is 52.7 Å². The lowest BCUT2D eigenvalue weighted by molar-refractivity contribution is -0.440. The van der Waals surface area contributed by atoms with Crippen molar-refractivity contribution in [2.45, 2.75) is 340 Å². The summed E-state index contributed by atoms with van der Waals surface area (Å²) in [6.07, 6.45) is -29.7. The first kappa shape index (κ1) is 98.3. The summed E-state index contributed by atoms with van der Waals surface area (Å²) >= 11 is 0. The molecule has 0 nitrogen and oxygen atoms in total. The van der Waals surface area contributed by atoms with Gasteiger partial charge in [-0.25, -0.2) is 0 Å². The molecule has 0 atom stereocenters. The molecule has 4 aromatic carbocycles. The molecule has 0 bridgehead atoms. The van der Waals surface area contributed by atoms with Gasteiger partial charge in [-0.3, -0.25) is 0 Å². The summed E-state index contributed by atoms with van der Waals surface area (Å²) in [5.41, 5.74) is -1.08. The van der Waals surface area contributed by atoms with Crippen molar-refractivity contribution in [3.8, 4) is 0 Å². The van der Waals surface area contributed by atoms with Gasteiger partial charge in [-0.1, -0.05) is 173 Å². The smallest absolute Gasteiger partial charge is 0.200 e. The molecular weight excluding hydrogens is 1610 g/mol. The highest BCUT2D eigenvalue weighted by Crippen LogP contribution is 2.65. The Balaban J connectivity index is 2.21. The van der Waals surface area contributed by atoms with Crippen molar-refractivity contribution in [2.75, 3.05) is 0 Å². The molecular formula is C72H81F39. The number of aryl methyl sites for hydroxylation is 6. The Hall–Kier alpha value is -5.07. The Morgan fingerprint density at radius 2 is 0.297 bits per heavy atom. The molecule has 0 spiro atoms. The fourth-order valence-electron chi connectivity index (χ4n) is 13.0. The van der Waals surface area contributed by atoms with Gasteiger partial charge in [-0.2, -0.15) is 171 Å². The Labute approximate surface area is 612 Å². The first-order valence-electron chi connectivity index (χ1n) is 35.6. The summed E-state index contributed by atoms with van der Waals surface area (Å²) in [6.45, 7) is 5.55. The van der Waals surface area contributed by atoms with E-state index in [0.29, 0.717) is 57.8 Å². The van der Waals surface area contributed by atoms with Crippen LogP contribution in [0.1, 0.15) is 228 Å². The lowest BCUT2D eigenvalue weighted by Gasteiger charge is -2.39. The van der Waals surface area contributed by atoms with Crippen LogP contribution >= 0.6 is 0 Å². The molecule has 0 aliphatic carbocycles. The number of halogens is 39. The zero-order valence-electron chi connectivity index (χ0n) is 59.5. The van der Waals surface area contributed by atoms with Gasteiger partial charge in [0.25, 0.3) is 0 Å². The van der Waals surface area contributed by atoms with E-state index in [9.17, 15) is 119 Å². The van der Waals surface area contributed by atoms with E-state index < -0.39 is 165 Å². The SMILES string of the molecule is CCCCCCCCCc1cc2c(cc1CCCC(F)(F)C(F)(F)C(F)(F)C(F)(F)C(F)(F)C(F)(F)F)c1cc(CCCCCCCCC)c(CCCC(F)(F)C(F)(F)C(F)(F)C(F)(F)C(F)(F)C(F)(F)F)cc1c1cc(CCCCCCCCC)c(CCCC(F)(F)C(F)(F)C(F)(F)C(F)(F)C(F)(F)C(F)(F)F)cc21. The summed E-state index contributed by atoms with van der Waals surface area (Å²) in [4.78, 5) is 0. The number of benzene rings is 4. The van der Waals surface area contributed by atoms with E-state index in [2.05, 4.69) is 0 Å². The molecule has 4 aromatic rings. The summed E-state index contributed by atoms with van der Waals surface area (Å²) in [5, 5.41) is -1.16. The molecule has 0 aromatic heterocycles. The van der Waals surface area contributed by atoms with Crippen molar-refractivity contribution >= 4 is 32.3 Å². The zero-order chi connectivity index (χ0) is 85.5. The topological polar surface area (TPSA) is 0 Å². The number of unbranched alkanes of at least 4 members (excludes halogenated alkanes) is 18. The van der Waals surface area contributed by atoms with Crippen molar-refractivity contribution in [2.24, 2.45) is 0 Å². The van der Waals surface area contributed by atoms with Crippen molar-refractivity contribution < 1.29 is 171 Å². The summed E-state index contributed by atoms with van der Waals surface area (Å²) in [5.74, 6) is -117. The van der Waals surface area contributed by atoms with Crippen LogP contribution in [0.5, 0.6) is 0 Å². The molecule has 0 heterocycles. The predicted octanol–water partition coefficient (Wildman–Crippen LogP) is 30.2. The van der Waals surface area contributed by atoms with Gasteiger partial charge in [-0.15, -0.1) is 0 Å². The van der Waals surface area contributed by atoms with Crippen LogP contribution in [0.2, 0.25) is 0 Å². The van der Waals surface area contributed by atoms with Crippen LogP contribution in [0.15, 0.2) is 36.4 Å². The minimum atomic E-state index is -8.29. The summed E-state index contributed by atoms with van der Waals surface area (Å²) in [7, 11) is 0. The number of alkyl halides is 39.